The maximum Gasteiger partial charge on any atom is 0.146 e. The van der Waals surface area contributed by atoms with E-state index in [9.17, 15) is 0 Å². The van der Waals surface area contributed by atoms with Gasteiger partial charge in [-0.05, 0) is 37.2 Å². The summed E-state index contributed by atoms with van der Waals surface area (Å²) in [5, 5.41) is 13.7. The lowest BCUT2D eigenvalue weighted by molar-refractivity contribution is 0.0885. The molecule has 3 heterocycles. The van der Waals surface area contributed by atoms with Crippen molar-refractivity contribution in [1.82, 2.24) is 19.7 Å². The predicted octanol–water partition coefficient (Wildman–Crippen LogP) is 6.18. The SMILES string of the molecule is Cc1nc2ccc(Oc3ccc4c(c3Cl)CN(c3cn[nH]c3)N=C4)cc2n1COCC[Si](C)(C)C. The average Bonchev–Trinajstić information content (AvgIpc) is 3.46. The van der Waals surface area contributed by atoms with Crippen molar-refractivity contribution in [3.63, 3.8) is 0 Å². The fraction of sp³-hybridized carbons (Fsp3) is 0.320. The van der Waals surface area contributed by atoms with Crippen LogP contribution in [0.1, 0.15) is 17.0 Å². The number of benzene rings is 2. The van der Waals surface area contributed by atoms with Crippen LogP contribution in [0.5, 0.6) is 11.5 Å². The number of fused-ring (bicyclic) bond motifs is 2. The topological polar surface area (TPSA) is 80.6 Å². The highest BCUT2D eigenvalue weighted by Gasteiger charge is 2.20. The van der Waals surface area contributed by atoms with Crippen molar-refractivity contribution in [2.45, 2.75) is 45.9 Å². The molecule has 0 saturated carbocycles. The Balaban J connectivity index is 1.36. The number of ether oxygens (including phenoxy) is 2. The van der Waals surface area contributed by atoms with Gasteiger partial charge < -0.3 is 14.0 Å². The van der Waals surface area contributed by atoms with Gasteiger partial charge >= 0.3 is 0 Å². The molecule has 0 amide bonds. The molecule has 0 fully saturated rings. The molecule has 10 heteroatoms. The van der Waals surface area contributed by atoms with Crippen LogP contribution in [0.3, 0.4) is 0 Å². The van der Waals surface area contributed by atoms with Crippen molar-refractivity contribution < 1.29 is 9.47 Å². The number of rotatable bonds is 8. The lowest BCUT2D eigenvalue weighted by Gasteiger charge is -2.24. The van der Waals surface area contributed by atoms with E-state index in [1.54, 1.807) is 18.6 Å². The minimum absolute atomic E-state index is 0.471. The molecule has 0 atom stereocenters. The van der Waals surface area contributed by atoms with Crippen LogP contribution in [0.25, 0.3) is 11.0 Å². The van der Waals surface area contributed by atoms with Crippen LogP contribution >= 0.6 is 11.6 Å². The lowest BCUT2D eigenvalue weighted by atomic mass is 10.1. The highest BCUT2D eigenvalue weighted by molar-refractivity contribution is 6.76. The molecule has 1 aliphatic rings. The molecule has 0 spiro atoms. The van der Waals surface area contributed by atoms with Crippen LogP contribution in [0, 0.1) is 6.92 Å². The highest BCUT2D eigenvalue weighted by Crippen LogP contribution is 2.37. The van der Waals surface area contributed by atoms with Crippen molar-refractivity contribution in [1.29, 1.82) is 0 Å². The molecule has 0 radical (unpaired) electrons. The number of anilines is 1. The van der Waals surface area contributed by atoms with Gasteiger partial charge in [-0.1, -0.05) is 31.2 Å². The van der Waals surface area contributed by atoms with E-state index in [-0.39, 0.29) is 0 Å². The predicted molar refractivity (Wildman–Crippen MR) is 142 cm³/mol. The summed E-state index contributed by atoms with van der Waals surface area (Å²) in [6, 6.07) is 10.9. The number of halogens is 1. The van der Waals surface area contributed by atoms with Gasteiger partial charge in [0.15, 0.2) is 0 Å². The minimum atomic E-state index is -1.13. The maximum absolute atomic E-state index is 6.81. The van der Waals surface area contributed by atoms with Crippen LogP contribution in [-0.2, 0) is 18.0 Å². The number of hydrazone groups is 1. The van der Waals surface area contributed by atoms with Gasteiger partial charge in [0.1, 0.15) is 24.1 Å². The third-order valence-electron chi connectivity index (χ3n) is 6.03. The molecule has 2 aromatic heterocycles. The molecule has 0 saturated heterocycles. The van der Waals surface area contributed by atoms with Crippen LogP contribution in [0.15, 0.2) is 47.8 Å². The Hall–Kier alpha value is -3.14. The van der Waals surface area contributed by atoms with E-state index in [0.29, 0.717) is 29.8 Å². The van der Waals surface area contributed by atoms with E-state index in [1.807, 2.05) is 42.3 Å². The van der Waals surface area contributed by atoms with E-state index in [1.165, 1.54) is 0 Å². The van der Waals surface area contributed by atoms with Gasteiger partial charge in [0, 0.05) is 38.1 Å². The van der Waals surface area contributed by atoms with Crippen molar-refractivity contribution in [3.05, 3.63) is 64.7 Å². The standard InChI is InChI=1S/C25H29ClN6O2Si/c1-17-30-22-7-6-20(11-23(22)31(17)16-33-9-10-35(2,3)4)34-24-8-5-18-12-29-32(15-21(18)25(24)26)19-13-27-28-14-19/h5-8,11-14H,9-10,15-16H2,1-4H3,(H,27,28). The van der Waals surface area contributed by atoms with Crippen LogP contribution in [-0.4, -0.2) is 40.6 Å². The Bertz CT molecular complexity index is 1380. The van der Waals surface area contributed by atoms with Crippen molar-refractivity contribution in [2.24, 2.45) is 5.10 Å². The Labute approximate surface area is 210 Å². The molecule has 8 nitrogen and oxygen atoms in total. The third kappa shape index (κ3) is 5.12. The number of imidazole rings is 1. The summed E-state index contributed by atoms with van der Waals surface area (Å²) in [5.74, 6) is 2.20. The largest absolute Gasteiger partial charge is 0.456 e. The normalized spacial score (nSPS) is 13.5. The molecule has 5 rings (SSSR count). The van der Waals surface area contributed by atoms with E-state index in [0.717, 1.165) is 46.3 Å². The molecular formula is C25H29ClN6O2Si. The smallest absolute Gasteiger partial charge is 0.146 e. The van der Waals surface area contributed by atoms with E-state index >= 15 is 0 Å². The zero-order chi connectivity index (χ0) is 24.6. The van der Waals surface area contributed by atoms with E-state index < -0.39 is 8.07 Å². The number of aromatic amines is 1. The summed E-state index contributed by atoms with van der Waals surface area (Å²) in [5.41, 5.74) is 4.68. The van der Waals surface area contributed by atoms with Gasteiger partial charge in [-0.15, -0.1) is 0 Å². The second-order valence-corrected chi connectivity index (χ2v) is 15.9. The Kier molecular flexibility index (Phi) is 6.39. The molecule has 0 aliphatic carbocycles. The van der Waals surface area contributed by atoms with E-state index in [2.05, 4.69) is 44.5 Å². The fourth-order valence-electron chi connectivity index (χ4n) is 3.95. The van der Waals surface area contributed by atoms with Gasteiger partial charge in [0.05, 0.1) is 40.7 Å². The maximum atomic E-state index is 6.81. The first-order valence-electron chi connectivity index (χ1n) is 11.6. The molecule has 0 unspecified atom stereocenters. The molecule has 35 heavy (non-hydrogen) atoms. The summed E-state index contributed by atoms with van der Waals surface area (Å²) >= 11 is 6.81. The molecule has 1 N–H and O–H groups in total. The lowest BCUT2D eigenvalue weighted by Crippen LogP contribution is -2.22. The summed E-state index contributed by atoms with van der Waals surface area (Å²) in [6.45, 7) is 10.8. The van der Waals surface area contributed by atoms with Crippen LogP contribution < -0.4 is 9.75 Å². The summed E-state index contributed by atoms with van der Waals surface area (Å²) in [7, 11) is -1.13. The summed E-state index contributed by atoms with van der Waals surface area (Å²) in [6.07, 6.45) is 5.33. The summed E-state index contributed by atoms with van der Waals surface area (Å²) < 4.78 is 14.3. The Morgan fingerprint density at radius 3 is 2.80 bits per heavy atom. The van der Waals surface area contributed by atoms with Gasteiger partial charge in [-0.25, -0.2) is 4.98 Å². The first kappa shape index (κ1) is 23.6. The zero-order valence-electron chi connectivity index (χ0n) is 20.4. The van der Waals surface area contributed by atoms with Gasteiger partial charge in [0.25, 0.3) is 0 Å². The third-order valence-corrected chi connectivity index (χ3v) is 8.14. The average molecular weight is 509 g/mol. The number of aryl methyl sites for hydroxylation is 1. The van der Waals surface area contributed by atoms with Gasteiger partial charge in [-0.2, -0.15) is 10.2 Å². The first-order chi connectivity index (χ1) is 16.8. The number of aromatic nitrogens is 4. The highest BCUT2D eigenvalue weighted by atomic mass is 35.5. The number of H-pyrrole nitrogens is 1. The summed E-state index contributed by atoms with van der Waals surface area (Å²) in [4.78, 5) is 4.68. The van der Waals surface area contributed by atoms with Crippen LogP contribution in [0.4, 0.5) is 5.69 Å². The molecular weight excluding hydrogens is 480 g/mol. The second kappa shape index (κ2) is 9.48. The van der Waals surface area contributed by atoms with E-state index in [4.69, 9.17) is 21.1 Å². The second-order valence-electron chi connectivity index (χ2n) is 9.89. The Morgan fingerprint density at radius 2 is 2.03 bits per heavy atom. The number of hydrogen-bond donors (Lipinski definition) is 1. The van der Waals surface area contributed by atoms with Gasteiger partial charge in [0.2, 0.25) is 0 Å². The fourth-order valence-corrected chi connectivity index (χ4v) is 4.98. The number of nitrogens with one attached hydrogen (secondary N) is 1. The molecule has 0 bridgehead atoms. The number of hydrogen-bond acceptors (Lipinski definition) is 6. The van der Waals surface area contributed by atoms with Crippen molar-refractivity contribution in [3.8, 4) is 11.5 Å². The van der Waals surface area contributed by atoms with Crippen LogP contribution in [0.2, 0.25) is 30.7 Å². The Morgan fingerprint density at radius 1 is 1.17 bits per heavy atom. The molecule has 2 aromatic carbocycles. The van der Waals surface area contributed by atoms with Gasteiger partial charge in [-0.3, -0.25) is 10.1 Å². The zero-order valence-corrected chi connectivity index (χ0v) is 22.1. The molecule has 4 aromatic rings. The quantitative estimate of drug-likeness (QED) is 0.227. The first-order valence-corrected chi connectivity index (χ1v) is 15.7. The van der Waals surface area contributed by atoms with Crippen molar-refractivity contribution in [2.75, 3.05) is 11.6 Å². The minimum Gasteiger partial charge on any atom is -0.456 e. The number of nitrogens with zero attached hydrogens (tertiary/aromatic N) is 5. The molecule has 182 valence electrons. The monoisotopic (exact) mass is 508 g/mol. The van der Waals surface area contributed by atoms with Crippen molar-refractivity contribution >= 4 is 42.6 Å². The molecule has 1 aliphatic heterocycles.